The zero-order chi connectivity index (χ0) is 8.39. The molecule has 1 aliphatic rings. The molecule has 1 aliphatic heterocycles. The lowest BCUT2D eigenvalue weighted by molar-refractivity contribution is 0.449. The molecule has 1 fully saturated rings. The minimum Gasteiger partial charge on any atom is -0.316 e. The maximum absolute atomic E-state index is 4.26. The van der Waals surface area contributed by atoms with Gasteiger partial charge in [-0.3, -0.25) is 4.68 Å². The monoisotopic (exact) mass is 313 g/mol. The van der Waals surface area contributed by atoms with Crippen LogP contribution in [0.5, 0.6) is 0 Å². The van der Waals surface area contributed by atoms with Crippen molar-refractivity contribution in [2.24, 2.45) is 5.92 Å². The van der Waals surface area contributed by atoms with Gasteiger partial charge in [0, 0.05) is 12.7 Å². The van der Waals surface area contributed by atoms with Crippen LogP contribution in [0, 0.1) is 9.49 Å². The molecule has 74 valence electrons. The van der Waals surface area contributed by atoms with E-state index in [2.05, 4.69) is 39.2 Å². The maximum atomic E-state index is 4.26. The van der Waals surface area contributed by atoms with E-state index in [0.717, 1.165) is 19.0 Å². The number of nitrogens with zero attached hydrogens (tertiary/aromatic N) is 2. The van der Waals surface area contributed by atoms with Crippen molar-refractivity contribution in [1.82, 2.24) is 15.1 Å². The van der Waals surface area contributed by atoms with E-state index in [9.17, 15) is 0 Å². The molecule has 13 heavy (non-hydrogen) atoms. The number of rotatable bonds is 2. The van der Waals surface area contributed by atoms with Crippen molar-refractivity contribution >= 4 is 35.0 Å². The number of hydrogen-bond donors (Lipinski definition) is 1. The molecule has 0 aliphatic carbocycles. The first-order valence-electron chi connectivity index (χ1n) is 4.23. The van der Waals surface area contributed by atoms with Gasteiger partial charge in [-0.25, -0.2) is 0 Å². The molecule has 0 radical (unpaired) electrons. The van der Waals surface area contributed by atoms with E-state index >= 15 is 0 Å². The van der Waals surface area contributed by atoms with E-state index in [4.69, 9.17) is 0 Å². The van der Waals surface area contributed by atoms with E-state index in [1.807, 2.05) is 10.9 Å². The minimum absolute atomic E-state index is 0. The molecule has 2 rings (SSSR count). The Labute approximate surface area is 97.8 Å². The first-order valence-corrected chi connectivity index (χ1v) is 5.31. The number of aromatic nitrogens is 2. The summed E-state index contributed by atoms with van der Waals surface area (Å²) < 4.78 is 3.26. The predicted octanol–water partition coefficient (Wildman–Crippen LogP) is 1.52. The van der Waals surface area contributed by atoms with Gasteiger partial charge >= 0.3 is 0 Å². The van der Waals surface area contributed by atoms with Gasteiger partial charge < -0.3 is 5.32 Å². The van der Waals surface area contributed by atoms with Gasteiger partial charge in [-0.1, -0.05) is 0 Å². The number of nitrogens with one attached hydrogen (secondary N) is 1. The summed E-state index contributed by atoms with van der Waals surface area (Å²) in [5.74, 6) is 0.778. The Hall–Kier alpha value is 0.190. The second-order valence-electron chi connectivity index (χ2n) is 3.24. The summed E-state index contributed by atoms with van der Waals surface area (Å²) in [6.45, 7) is 3.38. The summed E-state index contributed by atoms with van der Waals surface area (Å²) in [6, 6.07) is 0. The number of halogens is 2. The van der Waals surface area contributed by atoms with Crippen LogP contribution < -0.4 is 5.32 Å². The van der Waals surface area contributed by atoms with Gasteiger partial charge in [0.15, 0.2) is 0 Å². The maximum Gasteiger partial charge on any atom is 0.0623 e. The van der Waals surface area contributed by atoms with E-state index in [1.165, 1.54) is 16.5 Å². The standard InChI is InChI=1S/C8H12IN3.ClH/c9-8-4-11-12(6-8)5-7-1-2-10-3-7;/h4,6-7,10H,1-3,5H2;1H. The van der Waals surface area contributed by atoms with Crippen LogP contribution in [0.15, 0.2) is 12.4 Å². The van der Waals surface area contributed by atoms with Crippen molar-refractivity contribution in [2.45, 2.75) is 13.0 Å². The molecule has 0 amide bonds. The van der Waals surface area contributed by atoms with Crippen molar-refractivity contribution in [3.05, 3.63) is 16.0 Å². The predicted molar refractivity (Wildman–Crippen MR) is 63.2 cm³/mol. The summed E-state index contributed by atoms with van der Waals surface area (Å²) in [5.41, 5.74) is 0. The van der Waals surface area contributed by atoms with E-state index in [1.54, 1.807) is 0 Å². The second kappa shape index (κ2) is 5.17. The lowest BCUT2D eigenvalue weighted by Crippen LogP contribution is -2.14. The van der Waals surface area contributed by atoms with Crippen LogP contribution >= 0.6 is 35.0 Å². The fraction of sp³-hybridized carbons (Fsp3) is 0.625. The highest BCUT2D eigenvalue weighted by Gasteiger charge is 2.14. The molecule has 1 saturated heterocycles. The van der Waals surface area contributed by atoms with E-state index in [-0.39, 0.29) is 12.4 Å². The molecule has 1 unspecified atom stereocenters. The molecule has 1 atom stereocenters. The molecule has 0 saturated carbocycles. The highest BCUT2D eigenvalue weighted by atomic mass is 127. The van der Waals surface area contributed by atoms with Gasteiger partial charge in [0.05, 0.1) is 9.77 Å². The summed E-state index contributed by atoms with van der Waals surface area (Å²) in [7, 11) is 0. The summed E-state index contributed by atoms with van der Waals surface area (Å²) in [5, 5.41) is 7.62. The van der Waals surface area contributed by atoms with Crippen LogP contribution in [0.3, 0.4) is 0 Å². The average molecular weight is 314 g/mol. The van der Waals surface area contributed by atoms with Crippen LogP contribution in [0.4, 0.5) is 0 Å². The van der Waals surface area contributed by atoms with Crippen molar-refractivity contribution < 1.29 is 0 Å². The van der Waals surface area contributed by atoms with Crippen LogP contribution in [0.1, 0.15) is 6.42 Å². The zero-order valence-electron chi connectivity index (χ0n) is 7.24. The second-order valence-corrected chi connectivity index (χ2v) is 4.49. The average Bonchev–Trinajstić information content (AvgIpc) is 2.63. The molecule has 3 nitrogen and oxygen atoms in total. The van der Waals surface area contributed by atoms with Crippen LogP contribution in [-0.2, 0) is 6.54 Å². The highest BCUT2D eigenvalue weighted by molar-refractivity contribution is 14.1. The third-order valence-electron chi connectivity index (χ3n) is 2.21. The minimum atomic E-state index is 0. The lowest BCUT2D eigenvalue weighted by Gasteiger charge is -2.06. The summed E-state index contributed by atoms with van der Waals surface area (Å²) in [6.07, 6.45) is 5.29. The molecule has 1 aromatic rings. The fourth-order valence-electron chi connectivity index (χ4n) is 1.57. The van der Waals surface area contributed by atoms with Crippen molar-refractivity contribution in [3.8, 4) is 0 Å². The molecule has 2 heterocycles. The first kappa shape index (κ1) is 11.3. The normalized spacial score (nSPS) is 21.5. The Bertz CT molecular complexity index is 258. The van der Waals surface area contributed by atoms with Crippen LogP contribution in [0.2, 0.25) is 0 Å². The number of hydrogen-bond acceptors (Lipinski definition) is 2. The first-order chi connectivity index (χ1) is 5.84. The molecule has 0 spiro atoms. The van der Waals surface area contributed by atoms with Gasteiger partial charge in [0.1, 0.15) is 0 Å². The summed E-state index contributed by atoms with van der Waals surface area (Å²) in [4.78, 5) is 0. The SMILES string of the molecule is Cl.Ic1cnn(CC2CCNC2)c1. The highest BCUT2D eigenvalue weighted by Crippen LogP contribution is 2.10. The topological polar surface area (TPSA) is 29.9 Å². The third kappa shape index (κ3) is 3.11. The molecule has 0 bridgehead atoms. The van der Waals surface area contributed by atoms with E-state index < -0.39 is 0 Å². The quantitative estimate of drug-likeness (QED) is 0.839. The van der Waals surface area contributed by atoms with Crippen molar-refractivity contribution in [3.63, 3.8) is 0 Å². The van der Waals surface area contributed by atoms with Crippen molar-refractivity contribution in [1.29, 1.82) is 0 Å². The van der Waals surface area contributed by atoms with Crippen LogP contribution in [0.25, 0.3) is 0 Å². The largest absolute Gasteiger partial charge is 0.316 e. The smallest absolute Gasteiger partial charge is 0.0623 e. The van der Waals surface area contributed by atoms with Crippen LogP contribution in [-0.4, -0.2) is 22.9 Å². The Balaban J connectivity index is 0.000000845. The fourth-order valence-corrected chi connectivity index (χ4v) is 2.02. The molecule has 0 aromatic carbocycles. The Morgan fingerprint density at radius 1 is 1.69 bits per heavy atom. The molecule has 1 N–H and O–H groups in total. The zero-order valence-corrected chi connectivity index (χ0v) is 10.2. The lowest BCUT2D eigenvalue weighted by atomic mass is 10.1. The third-order valence-corrected chi connectivity index (χ3v) is 2.77. The molecule has 1 aromatic heterocycles. The van der Waals surface area contributed by atoms with E-state index in [0.29, 0.717) is 0 Å². The molecule has 5 heteroatoms. The van der Waals surface area contributed by atoms with Gasteiger partial charge in [-0.05, 0) is 48.0 Å². The van der Waals surface area contributed by atoms with Gasteiger partial charge in [0.2, 0.25) is 0 Å². The molecular formula is C8H13ClIN3. The van der Waals surface area contributed by atoms with Gasteiger partial charge in [-0.15, -0.1) is 12.4 Å². The molecular weight excluding hydrogens is 300 g/mol. The van der Waals surface area contributed by atoms with Gasteiger partial charge in [-0.2, -0.15) is 5.10 Å². The Kier molecular flexibility index (Phi) is 4.48. The Morgan fingerprint density at radius 2 is 2.54 bits per heavy atom. The Morgan fingerprint density at radius 3 is 3.08 bits per heavy atom. The van der Waals surface area contributed by atoms with Crippen molar-refractivity contribution in [2.75, 3.05) is 13.1 Å². The van der Waals surface area contributed by atoms with Gasteiger partial charge in [0.25, 0.3) is 0 Å². The summed E-state index contributed by atoms with van der Waals surface area (Å²) >= 11 is 2.29.